The molecule has 2 rings (SSSR count). The Labute approximate surface area is 102 Å². The second kappa shape index (κ2) is 5.32. The minimum atomic E-state index is -0.725. The molecule has 1 aliphatic rings. The van der Waals surface area contributed by atoms with Crippen LogP contribution in [0.4, 0.5) is 0 Å². The smallest absolute Gasteiger partial charge is 0.317 e. The van der Waals surface area contributed by atoms with Gasteiger partial charge < -0.3 is 5.11 Å². The predicted molar refractivity (Wildman–Crippen MR) is 66.9 cm³/mol. The molecule has 2 atom stereocenters. The van der Waals surface area contributed by atoms with E-state index in [1.165, 1.54) is 5.56 Å². The maximum absolute atomic E-state index is 10.7. The number of aliphatic carboxylic acids is 1. The van der Waals surface area contributed by atoms with E-state index in [0.29, 0.717) is 12.0 Å². The van der Waals surface area contributed by atoms with Gasteiger partial charge in [0.05, 0.1) is 6.54 Å². The van der Waals surface area contributed by atoms with E-state index in [1.807, 2.05) is 6.07 Å². The summed E-state index contributed by atoms with van der Waals surface area (Å²) in [4.78, 5) is 12.8. The molecular formula is C14H19NO2. The van der Waals surface area contributed by atoms with E-state index in [0.717, 1.165) is 19.4 Å². The van der Waals surface area contributed by atoms with Crippen LogP contribution in [-0.4, -0.2) is 35.1 Å². The molecule has 1 aromatic rings. The van der Waals surface area contributed by atoms with Gasteiger partial charge >= 0.3 is 5.97 Å². The van der Waals surface area contributed by atoms with Gasteiger partial charge in [0.1, 0.15) is 0 Å². The first kappa shape index (κ1) is 12.1. The maximum atomic E-state index is 10.7. The van der Waals surface area contributed by atoms with E-state index in [2.05, 4.69) is 36.1 Å². The monoisotopic (exact) mass is 233 g/mol. The van der Waals surface area contributed by atoms with Crippen LogP contribution < -0.4 is 0 Å². The summed E-state index contributed by atoms with van der Waals surface area (Å²) in [5.41, 5.74) is 1.35. The van der Waals surface area contributed by atoms with Gasteiger partial charge in [-0.15, -0.1) is 0 Å². The molecule has 1 saturated heterocycles. The number of hydrogen-bond donors (Lipinski definition) is 1. The van der Waals surface area contributed by atoms with Gasteiger partial charge in [0.15, 0.2) is 0 Å². The minimum Gasteiger partial charge on any atom is -0.480 e. The third kappa shape index (κ3) is 3.07. The summed E-state index contributed by atoms with van der Waals surface area (Å²) < 4.78 is 0. The van der Waals surface area contributed by atoms with Crippen molar-refractivity contribution in [3.05, 3.63) is 35.9 Å². The first-order chi connectivity index (χ1) is 8.16. The van der Waals surface area contributed by atoms with Gasteiger partial charge in [-0.05, 0) is 37.8 Å². The molecule has 0 spiro atoms. The van der Waals surface area contributed by atoms with E-state index in [1.54, 1.807) is 0 Å². The molecule has 3 nitrogen and oxygen atoms in total. The van der Waals surface area contributed by atoms with Crippen molar-refractivity contribution in [3.63, 3.8) is 0 Å². The van der Waals surface area contributed by atoms with E-state index in [-0.39, 0.29) is 6.54 Å². The highest BCUT2D eigenvalue weighted by Crippen LogP contribution is 2.26. The molecule has 0 aromatic heterocycles. The minimum absolute atomic E-state index is 0.173. The van der Waals surface area contributed by atoms with Crippen molar-refractivity contribution in [2.75, 3.05) is 13.1 Å². The zero-order chi connectivity index (χ0) is 12.3. The standard InChI is InChI=1S/C14H19NO2/c1-11-13(7-8-15(11)10-14(16)17)9-12-5-3-2-4-6-12/h2-6,11,13H,7-10H2,1H3,(H,16,17)/t11-,13+/m0/s1. The fourth-order valence-electron chi connectivity index (χ4n) is 2.66. The average Bonchev–Trinajstić information content (AvgIpc) is 2.62. The Morgan fingerprint density at radius 3 is 2.76 bits per heavy atom. The maximum Gasteiger partial charge on any atom is 0.317 e. The number of nitrogens with zero attached hydrogens (tertiary/aromatic N) is 1. The lowest BCUT2D eigenvalue weighted by Crippen LogP contribution is -2.35. The molecule has 0 amide bonds. The second-order valence-corrected chi connectivity index (χ2v) is 4.84. The first-order valence-electron chi connectivity index (χ1n) is 6.16. The highest BCUT2D eigenvalue weighted by Gasteiger charge is 2.31. The number of likely N-dealkylation sites (tertiary alicyclic amines) is 1. The lowest BCUT2D eigenvalue weighted by molar-refractivity contribution is -0.138. The molecule has 1 fully saturated rings. The molecule has 0 bridgehead atoms. The highest BCUT2D eigenvalue weighted by atomic mass is 16.4. The van der Waals surface area contributed by atoms with E-state index < -0.39 is 5.97 Å². The second-order valence-electron chi connectivity index (χ2n) is 4.84. The lowest BCUT2D eigenvalue weighted by atomic mass is 9.93. The molecule has 0 aliphatic carbocycles. The third-order valence-electron chi connectivity index (χ3n) is 3.72. The van der Waals surface area contributed by atoms with Crippen molar-refractivity contribution in [1.29, 1.82) is 0 Å². The van der Waals surface area contributed by atoms with Crippen LogP contribution in [0.3, 0.4) is 0 Å². The summed E-state index contributed by atoms with van der Waals surface area (Å²) in [6, 6.07) is 10.8. The Balaban J connectivity index is 1.94. The first-order valence-corrected chi connectivity index (χ1v) is 6.16. The van der Waals surface area contributed by atoms with Crippen LogP contribution in [0.15, 0.2) is 30.3 Å². The zero-order valence-corrected chi connectivity index (χ0v) is 10.2. The van der Waals surface area contributed by atoms with Gasteiger partial charge in [0.2, 0.25) is 0 Å². The molecular weight excluding hydrogens is 214 g/mol. The fraction of sp³-hybridized carbons (Fsp3) is 0.500. The fourth-order valence-corrected chi connectivity index (χ4v) is 2.66. The molecule has 92 valence electrons. The highest BCUT2D eigenvalue weighted by molar-refractivity contribution is 5.69. The van der Waals surface area contributed by atoms with Crippen LogP contribution in [0.25, 0.3) is 0 Å². The summed E-state index contributed by atoms with van der Waals surface area (Å²) in [5, 5.41) is 8.83. The van der Waals surface area contributed by atoms with E-state index in [9.17, 15) is 4.79 Å². The van der Waals surface area contributed by atoms with Crippen LogP contribution >= 0.6 is 0 Å². The predicted octanol–water partition coefficient (Wildman–Crippen LogP) is 2.02. The Morgan fingerprint density at radius 2 is 2.12 bits per heavy atom. The largest absolute Gasteiger partial charge is 0.480 e. The Morgan fingerprint density at radius 1 is 1.41 bits per heavy atom. The van der Waals surface area contributed by atoms with Crippen molar-refractivity contribution in [1.82, 2.24) is 4.90 Å². The Hall–Kier alpha value is -1.35. The molecule has 1 heterocycles. The third-order valence-corrected chi connectivity index (χ3v) is 3.72. The molecule has 1 N–H and O–H groups in total. The summed E-state index contributed by atoms with van der Waals surface area (Å²) in [6.45, 7) is 3.22. The molecule has 0 radical (unpaired) electrons. The Kier molecular flexibility index (Phi) is 3.79. The van der Waals surface area contributed by atoms with Crippen molar-refractivity contribution in [2.24, 2.45) is 5.92 Å². The summed E-state index contributed by atoms with van der Waals surface area (Å²) >= 11 is 0. The van der Waals surface area contributed by atoms with E-state index in [4.69, 9.17) is 5.11 Å². The number of rotatable bonds is 4. The van der Waals surface area contributed by atoms with Crippen molar-refractivity contribution >= 4 is 5.97 Å². The molecule has 17 heavy (non-hydrogen) atoms. The normalized spacial score (nSPS) is 25.0. The van der Waals surface area contributed by atoms with Crippen LogP contribution in [0.5, 0.6) is 0 Å². The number of carboxylic acids is 1. The van der Waals surface area contributed by atoms with Gasteiger partial charge in [0.25, 0.3) is 0 Å². The van der Waals surface area contributed by atoms with Crippen molar-refractivity contribution in [2.45, 2.75) is 25.8 Å². The van der Waals surface area contributed by atoms with Gasteiger partial charge in [-0.3, -0.25) is 9.69 Å². The summed E-state index contributed by atoms with van der Waals surface area (Å²) in [5.74, 6) is -0.144. The van der Waals surface area contributed by atoms with Crippen LogP contribution in [0.1, 0.15) is 18.9 Å². The number of hydrogen-bond acceptors (Lipinski definition) is 2. The number of benzene rings is 1. The number of carboxylic acid groups (broad SMARTS) is 1. The van der Waals surface area contributed by atoms with Crippen LogP contribution in [0.2, 0.25) is 0 Å². The van der Waals surface area contributed by atoms with Crippen LogP contribution in [0, 0.1) is 5.92 Å². The Bertz CT molecular complexity index is 377. The molecule has 3 heteroatoms. The molecule has 0 saturated carbocycles. The zero-order valence-electron chi connectivity index (χ0n) is 10.2. The number of carbonyl (C=O) groups is 1. The van der Waals surface area contributed by atoms with Crippen LogP contribution in [-0.2, 0) is 11.2 Å². The quantitative estimate of drug-likeness (QED) is 0.865. The summed E-state index contributed by atoms with van der Waals surface area (Å²) in [7, 11) is 0. The lowest BCUT2D eigenvalue weighted by Gasteiger charge is -2.22. The molecule has 0 unspecified atom stereocenters. The SMILES string of the molecule is C[C@H]1[C@@H](Cc2ccccc2)CCN1CC(=O)O. The average molecular weight is 233 g/mol. The molecule has 1 aliphatic heterocycles. The topological polar surface area (TPSA) is 40.5 Å². The van der Waals surface area contributed by atoms with Gasteiger partial charge in [-0.1, -0.05) is 30.3 Å². The van der Waals surface area contributed by atoms with Gasteiger partial charge in [0, 0.05) is 6.04 Å². The van der Waals surface area contributed by atoms with Crippen molar-refractivity contribution < 1.29 is 9.90 Å². The van der Waals surface area contributed by atoms with E-state index >= 15 is 0 Å². The van der Waals surface area contributed by atoms with Gasteiger partial charge in [-0.2, -0.15) is 0 Å². The molecule has 1 aromatic carbocycles. The van der Waals surface area contributed by atoms with Crippen molar-refractivity contribution in [3.8, 4) is 0 Å². The summed E-state index contributed by atoms with van der Waals surface area (Å²) in [6.07, 6.45) is 2.15. The van der Waals surface area contributed by atoms with Gasteiger partial charge in [-0.25, -0.2) is 0 Å².